The summed E-state index contributed by atoms with van der Waals surface area (Å²) in [5.74, 6) is -1.19. The zero-order valence-electron chi connectivity index (χ0n) is 6.23. The van der Waals surface area contributed by atoms with Crippen LogP contribution in [-0.4, -0.2) is 46.7 Å². The van der Waals surface area contributed by atoms with Crippen LogP contribution in [-0.2, 0) is 9.59 Å². The lowest BCUT2D eigenvalue weighted by Gasteiger charge is -2.20. The van der Waals surface area contributed by atoms with E-state index in [1.807, 2.05) is 0 Å². The van der Waals surface area contributed by atoms with Gasteiger partial charge in [-0.2, -0.15) is 0 Å². The van der Waals surface area contributed by atoms with Gasteiger partial charge in [-0.1, -0.05) is 0 Å². The van der Waals surface area contributed by atoms with Gasteiger partial charge in [0.2, 0.25) is 6.41 Å². The summed E-state index contributed by atoms with van der Waals surface area (Å²) in [7, 11) is 0. The lowest BCUT2D eigenvalue weighted by atomic mass is 10.3. The maximum Gasteiger partial charge on any atom is 0.328 e. The van der Waals surface area contributed by atoms with Crippen molar-refractivity contribution in [2.24, 2.45) is 0 Å². The summed E-state index contributed by atoms with van der Waals surface area (Å²) >= 11 is 0. The molecule has 64 valence electrons. The monoisotopic (exact) mass is 161 g/mol. The molecule has 1 amide bonds. The number of carbonyl (C=O) groups excluding carboxylic acids is 1. The molecule has 1 unspecified atom stereocenters. The quantitative estimate of drug-likeness (QED) is 0.502. The predicted octanol–water partition coefficient (Wildman–Crippen LogP) is -1.09. The summed E-state index contributed by atoms with van der Waals surface area (Å²) in [6.45, 7) is 1.36. The Balaban J connectivity index is 4.20. The largest absolute Gasteiger partial charge is 0.480 e. The molecule has 1 atom stereocenters. The molecule has 0 radical (unpaired) electrons. The first-order valence-corrected chi connectivity index (χ1v) is 3.22. The third kappa shape index (κ3) is 2.55. The lowest BCUT2D eigenvalue weighted by molar-refractivity contribution is -0.147. The fourth-order valence-corrected chi connectivity index (χ4v) is 0.693. The second-order valence-corrected chi connectivity index (χ2v) is 1.97. The summed E-state index contributed by atoms with van der Waals surface area (Å²) < 4.78 is 0. The molecule has 2 N–H and O–H groups in total. The highest BCUT2D eigenvalue weighted by molar-refractivity contribution is 5.76. The lowest BCUT2D eigenvalue weighted by Crippen LogP contribution is -2.42. The average molecular weight is 161 g/mol. The van der Waals surface area contributed by atoms with Gasteiger partial charge in [0.05, 0.1) is 6.61 Å². The molecular weight excluding hydrogens is 150 g/mol. The molecule has 0 aromatic heterocycles. The molecule has 0 aliphatic heterocycles. The van der Waals surface area contributed by atoms with Crippen molar-refractivity contribution in [3.05, 3.63) is 0 Å². The Morgan fingerprint density at radius 3 is 2.36 bits per heavy atom. The number of hydrogen-bond donors (Lipinski definition) is 2. The minimum atomic E-state index is -1.19. The molecule has 0 rings (SSSR count). The Hall–Kier alpha value is -1.10. The van der Waals surface area contributed by atoms with Crippen LogP contribution < -0.4 is 0 Å². The van der Waals surface area contributed by atoms with Gasteiger partial charge in [-0.3, -0.25) is 4.79 Å². The number of likely N-dealkylation sites (N-methyl/N-ethyl adjacent to an activating group) is 1. The van der Waals surface area contributed by atoms with Crippen molar-refractivity contribution in [1.29, 1.82) is 0 Å². The minimum absolute atomic E-state index is 0.279. The van der Waals surface area contributed by atoms with Crippen LogP contribution in [0.4, 0.5) is 0 Å². The van der Waals surface area contributed by atoms with Crippen LogP contribution in [0.1, 0.15) is 6.92 Å². The van der Waals surface area contributed by atoms with Gasteiger partial charge in [-0.15, -0.1) is 0 Å². The van der Waals surface area contributed by atoms with Crippen LogP contribution in [0.15, 0.2) is 0 Å². The van der Waals surface area contributed by atoms with Crippen LogP contribution in [0.5, 0.6) is 0 Å². The first kappa shape index (κ1) is 9.90. The van der Waals surface area contributed by atoms with E-state index in [1.54, 1.807) is 6.92 Å². The standard InChI is InChI=1S/C6H11NO4/c1-2-7(4-9)5(3-8)6(10)11/h4-5,8H,2-3H2,1H3,(H,10,11). The summed E-state index contributed by atoms with van der Waals surface area (Å²) in [5, 5.41) is 17.0. The fourth-order valence-electron chi connectivity index (χ4n) is 0.693. The van der Waals surface area contributed by atoms with Crippen molar-refractivity contribution in [3.8, 4) is 0 Å². The first-order valence-electron chi connectivity index (χ1n) is 3.22. The highest BCUT2D eigenvalue weighted by atomic mass is 16.4. The van der Waals surface area contributed by atoms with Crippen molar-refractivity contribution in [1.82, 2.24) is 4.90 Å². The second kappa shape index (κ2) is 4.68. The van der Waals surface area contributed by atoms with Crippen molar-refractivity contribution >= 4 is 12.4 Å². The van der Waals surface area contributed by atoms with Crippen LogP contribution in [0.3, 0.4) is 0 Å². The molecule has 0 aliphatic rings. The number of carbonyl (C=O) groups is 2. The van der Waals surface area contributed by atoms with Gasteiger partial charge in [0, 0.05) is 6.54 Å². The number of aliphatic carboxylic acids is 1. The molecule has 0 heterocycles. The normalized spacial score (nSPS) is 12.2. The van der Waals surface area contributed by atoms with Crippen molar-refractivity contribution in [2.45, 2.75) is 13.0 Å². The smallest absolute Gasteiger partial charge is 0.328 e. The Kier molecular flexibility index (Phi) is 4.21. The predicted molar refractivity (Wildman–Crippen MR) is 37.0 cm³/mol. The Morgan fingerprint density at radius 1 is 1.73 bits per heavy atom. The van der Waals surface area contributed by atoms with Crippen molar-refractivity contribution in [3.63, 3.8) is 0 Å². The number of nitrogens with zero attached hydrogens (tertiary/aromatic N) is 1. The van der Waals surface area contributed by atoms with E-state index in [4.69, 9.17) is 10.2 Å². The molecule has 0 spiro atoms. The molecule has 5 nitrogen and oxygen atoms in total. The van der Waals surface area contributed by atoms with Crippen molar-refractivity contribution in [2.75, 3.05) is 13.2 Å². The van der Waals surface area contributed by atoms with E-state index in [1.165, 1.54) is 0 Å². The van der Waals surface area contributed by atoms with Crippen LogP contribution in [0.2, 0.25) is 0 Å². The zero-order chi connectivity index (χ0) is 8.85. The Morgan fingerprint density at radius 2 is 2.27 bits per heavy atom. The summed E-state index contributed by atoms with van der Waals surface area (Å²) in [6.07, 6.45) is 0.412. The maximum atomic E-state index is 10.3. The molecular formula is C6H11NO4. The van der Waals surface area contributed by atoms with Gasteiger partial charge in [0.15, 0.2) is 6.04 Å². The molecule has 0 aliphatic carbocycles. The molecule has 0 saturated carbocycles. The van der Waals surface area contributed by atoms with Crippen LogP contribution in [0, 0.1) is 0 Å². The van der Waals surface area contributed by atoms with E-state index in [0.29, 0.717) is 6.41 Å². The third-order valence-corrected chi connectivity index (χ3v) is 1.36. The van der Waals surface area contributed by atoms with Gasteiger partial charge in [0.25, 0.3) is 0 Å². The number of carboxylic acids is 1. The highest BCUT2D eigenvalue weighted by Gasteiger charge is 2.21. The van der Waals surface area contributed by atoms with Crippen LogP contribution in [0.25, 0.3) is 0 Å². The maximum absolute atomic E-state index is 10.3. The Labute approximate surface area is 64.2 Å². The zero-order valence-corrected chi connectivity index (χ0v) is 6.23. The van der Waals surface area contributed by atoms with E-state index in [-0.39, 0.29) is 6.54 Å². The Bertz CT molecular complexity index is 148. The molecule has 0 bridgehead atoms. The van der Waals surface area contributed by atoms with E-state index < -0.39 is 18.6 Å². The van der Waals surface area contributed by atoms with E-state index >= 15 is 0 Å². The number of aliphatic hydroxyl groups is 1. The summed E-state index contributed by atoms with van der Waals surface area (Å²) in [6, 6.07) is -1.11. The average Bonchev–Trinajstić information content (AvgIpc) is 1.99. The van der Waals surface area contributed by atoms with E-state index in [2.05, 4.69) is 0 Å². The molecule has 0 fully saturated rings. The molecule has 5 heteroatoms. The van der Waals surface area contributed by atoms with Crippen LogP contribution >= 0.6 is 0 Å². The fraction of sp³-hybridized carbons (Fsp3) is 0.667. The first-order chi connectivity index (χ1) is 5.17. The number of aliphatic hydroxyl groups excluding tert-OH is 1. The molecule has 0 aromatic carbocycles. The highest BCUT2D eigenvalue weighted by Crippen LogP contribution is 1.94. The number of hydrogen-bond acceptors (Lipinski definition) is 3. The van der Waals surface area contributed by atoms with E-state index in [0.717, 1.165) is 4.90 Å². The number of amides is 1. The van der Waals surface area contributed by atoms with Gasteiger partial charge in [-0.25, -0.2) is 4.79 Å². The second-order valence-electron chi connectivity index (χ2n) is 1.97. The van der Waals surface area contributed by atoms with Gasteiger partial charge in [0.1, 0.15) is 0 Å². The van der Waals surface area contributed by atoms with Gasteiger partial charge < -0.3 is 15.1 Å². The van der Waals surface area contributed by atoms with E-state index in [9.17, 15) is 9.59 Å². The van der Waals surface area contributed by atoms with Gasteiger partial charge >= 0.3 is 5.97 Å². The summed E-state index contributed by atoms with van der Waals surface area (Å²) in [5.41, 5.74) is 0. The summed E-state index contributed by atoms with van der Waals surface area (Å²) in [4.78, 5) is 21.5. The van der Waals surface area contributed by atoms with Gasteiger partial charge in [-0.05, 0) is 6.92 Å². The number of carboxylic acid groups (broad SMARTS) is 1. The SMILES string of the molecule is CCN(C=O)C(CO)C(=O)O. The van der Waals surface area contributed by atoms with Crippen molar-refractivity contribution < 1.29 is 19.8 Å². The third-order valence-electron chi connectivity index (χ3n) is 1.36. The topological polar surface area (TPSA) is 77.8 Å². The molecule has 0 aromatic rings. The molecule has 0 saturated heterocycles. The number of rotatable bonds is 5. The minimum Gasteiger partial charge on any atom is -0.480 e. The molecule has 11 heavy (non-hydrogen) atoms.